The van der Waals surface area contributed by atoms with Crippen molar-refractivity contribution < 1.29 is 26.3 Å². The first-order chi connectivity index (χ1) is 15.1. The highest BCUT2D eigenvalue weighted by molar-refractivity contribution is 7.89. The van der Waals surface area contributed by atoms with E-state index in [1.807, 2.05) is 0 Å². The summed E-state index contributed by atoms with van der Waals surface area (Å²) < 4.78 is 69.0. The molecule has 1 aromatic carbocycles. The Morgan fingerprint density at radius 3 is 2.34 bits per heavy atom. The molecule has 0 bridgehead atoms. The molecule has 3 rings (SSSR count). The number of alkyl halides is 3. The molecule has 14 heteroatoms. The van der Waals surface area contributed by atoms with Crippen LogP contribution in [-0.2, 0) is 10.0 Å². The van der Waals surface area contributed by atoms with Gasteiger partial charge in [0.05, 0.1) is 15.6 Å². The summed E-state index contributed by atoms with van der Waals surface area (Å²) in [4.78, 5) is 11.9. The van der Waals surface area contributed by atoms with Crippen LogP contribution in [0.3, 0.4) is 0 Å². The van der Waals surface area contributed by atoms with Crippen molar-refractivity contribution in [2.45, 2.75) is 11.1 Å². The fraction of sp³-hybridized carbons (Fsp3) is 0.167. The molecule has 3 aromatic rings. The smallest absolute Gasteiger partial charge is 0.422 e. The highest BCUT2D eigenvalue weighted by Gasteiger charge is 2.29. The quantitative estimate of drug-likeness (QED) is 0.437. The third kappa shape index (κ3) is 6.42. The van der Waals surface area contributed by atoms with Crippen LogP contribution >= 0.6 is 11.6 Å². The molecule has 0 aliphatic heterocycles. The van der Waals surface area contributed by atoms with Crippen molar-refractivity contribution in [3.63, 3.8) is 0 Å². The monoisotopic (exact) mass is 488 g/mol. The molecular formula is C18H16ClF3N6O3S. The van der Waals surface area contributed by atoms with Crippen molar-refractivity contribution in [2.24, 2.45) is 0 Å². The predicted molar refractivity (Wildman–Crippen MR) is 112 cm³/mol. The standard InChI is InChI=1S/C18H16ClF3N6O3S/c1-23-32(29,30)12-3-4-14(31-9-18(20,21)22)13(6-12)27-16-7-17(26-10-25-16)28-15-5-2-11(19)8-24-15/h2-8,10,23H,9H2,1H3,(H2,24,25,26,27,28). The van der Waals surface area contributed by atoms with E-state index in [1.165, 1.54) is 25.6 Å². The van der Waals surface area contributed by atoms with Crippen LogP contribution in [0.25, 0.3) is 0 Å². The number of aromatic nitrogens is 3. The van der Waals surface area contributed by atoms with E-state index in [-0.39, 0.29) is 22.2 Å². The maximum atomic E-state index is 12.6. The van der Waals surface area contributed by atoms with Gasteiger partial charge in [-0.15, -0.1) is 0 Å². The van der Waals surface area contributed by atoms with Gasteiger partial charge in [-0.3, -0.25) is 0 Å². The van der Waals surface area contributed by atoms with E-state index < -0.39 is 22.8 Å². The number of nitrogens with one attached hydrogen (secondary N) is 3. The average Bonchev–Trinajstić information content (AvgIpc) is 2.74. The van der Waals surface area contributed by atoms with Gasteiger partial charge in [-0.1, -0.05) is 11.6 Å². The Labute approximate surface area is 186 Å². The summed E-state index contributed by atoms with van der Waals surface area (Å²) in [6, 6.07) is 8.07. The zero-order valence-electron chi connectivity index (χ0n) is 16.3. The van der Waals surface area contributed by atoms with Crippen molar-refractivity contribution in [1.29, 1.82) is 0 Å². The zero-order valence-corrected chi connectivity index (χ0v) is 17.9. The molecule has 32 heavy (non-hydrogen) atoms. The van der Waals surface area contributed by atoms with E-state index in [0.29, 0.717) is 16.7 Å². The number of hydrogen-bond acceptors (Lipinski definition) is 8. The first kappa shape index (κ1) is 23.5. The molecule has 0 unspecified atom stereocenters. The molecule has 2 heterocycles. The van der Waals surface area contributed by atoms with Gasteiger partial charge in [-0.05, 0) is 37.4 Å². The molecule has 0 aliphatic carbocycles. The summed E-state index contributed by atoms with van der Waals surface area (Å²) in [6.07, 6.45) is -1.95. The number of rotatable bonds is 8. The van der Waals surface area contributed by atoms with Gasteiger partial charge in [0.2, 0.25) is 10.0 Å². The lowest BCUT2D eigenvalue weighted by molar-refractivity contribution is -0.153. The van der Waals surface area contributed by atoms with Crippen molar-refractivity contribution in [3.8, 4) is 5.75 Å². The zero-order chi connectivity index (χ0) is 23.4. The number of anilines is 4. The van der Waals surface area contributed by atoms with Crippen molar-refractivity contribution in [3.05, 3.63) is 53.9 Å². The Hall–Kier alpha value is -3.16. The van der Waals surface area contributed by atoms with Gasteiger partial charge in [-0.2, -0.15) is 13.2 Å². The summed E-state index contributed by atoms with van der Waals surface area (Å²) >= 11 is 5.80. The fourth-order valence-electron chi connectivity index (χ4n) is 2.39. The second-order valence-corrected chi connectivity index (χ2v) is 8.49. The Morgan fingerprint density at radius 2 is 1.72 bits per heavy atom. The highest BCUT2D eigenvalue weighted by atomic mass is 35.5. The first-order valence-corrected chi connectivity index (χ1v) is 10.7. The molecule has 0 saturated heterocycles. The van der Waals surface area contributed by atoms with E-state index in [1.54, 1.807) is 12.1 Å². The van der Waals surface area contributed by atoms with E-state index in [4.69, 9.17) is 16.3 Å². The predicted octanol–water partition coefficient (Wildman–Crippen LogP) is 3.86. The topological polar surface area (TPSA) is 118 Å². The molecule has 0 atom stereocenters. The Kier molecular flexibility index (Phi) is 7.01. The van der Waals surface area contributed by atoms with Gasteiger partial charge in [0.25, 0.3) is 0 Å². The van der Waals surface area contributed by atoms with Crippen LogP contribution in [0, 0.1) is 0 Å². The van der Waals surface area contributed by atoms with E-state index in [2.05, 4.69) is 30.3 Å². The minimum Gasteiger partial charge on any atom is -0.482 e. The molecule has 0 fully saturated rings. The SMILES string of the molecule is CNS(=O)(=O)c1ccc(OCC(F)(F)F)c(Nc2cc(Nc3ccc(Cl)cn3)ncn2)c1. The molecule has 3 N–H and O–H groups in total. The average molecular weight is 489 g/mol. The lowest BCUT2D eigenvalue weighted by Gasteiger charge is -2.16. The third-order valence-corrected chi connectivity index (χ3v) is 5.47. The molecule has 0 radical (unpaired) electrons. The summed E-state index contributed by atoms with van der Waals surface area (Å²) in [5.74, 6) is 0.696. The van der Waals surface area contributed by atoms with Crippen LogP contribution in [0.2, 0.25) is 5.02 Å². The minimum atomic E-state index is -4.58. The van der Waals surface area contributed by atoms with Gasteiger partial charge in [-0.25, -0.2) is 28.1 Å². The Balaban J connectivity index is 1.89. The molecular weight excluding hydrogens is 473 g/mol. The molecule has 170 valence electrons. The van der Waals surface area contributed by atoms with Crippen molar-refractivity contribution in [2.75, 3.05) is 24.3 Å². The lowest BCUT2D eigenvalue weighted by Crippen LogP contribution is -2.20. The second-order valence-electron chi connectivity index (χ2n) is 6.17. The maximum absolute atomic E-state index is 12.6. The minimum absolute atomic E-state index is 0.0418. The number of ether oxygens (including phenoxy) is 1. The van der Waals surface area contributed by atoms with Gasteiger partial charge >= 0.3 is 6.18 Å². The van der Waals surface area contributed by atoms with Gasteiger partial charge < -0.3 is 15.4 Å². The molecule has 9 nitrogen and oxygen atoms in total. The molecule has 0 spiro atoms. The maximum Gasteiger partial charge on any atom is 0.422 e. The molecule has 0 aliphatic rings. The van der Waals surface area contributed by atoms with Crippen LogP contribution in [-0.4, -0.2) is 43.2 Å². The van der Waals surface area contributed by atoms with Crippen LogP contribution in [0.15, 0.2) is 53.8 Å². The van der Waals surface area contributed by atoms with E-state index >= 15 is 0 Å². The number of sulfonamides is 1. The summed E-state index contributed by atoms with van der Waals surface area (Å²) in [5, 5.41) is 6.13. The highest BCUT2D eigenvalue weighted by Crippen LogP contribution is 2.32. The molecule has 0 amide bonds. The van der Waals surface area contributed by atoms with E-state index in [0.717, 1.165) is 18.2 Å². The van der Waals surface area contributed by atoms with Gasteiger partial charge in [0.1, 0.15) is 29.5 Å². The van der Waals surface area contributed by atoms with Crippen LogP contribution in [0.5, 0.6) is 5.75 Å². The van der Waals surface area contributed by atoms with Gasteiger partial charge in [0.15, 0.2) is 6.61 Å². The Morgan fingerprint density at radius 1 is 1.00 bits per heavy atom. The first-order valence-electron chi connectivity index (χ1n) is 8.80. The van der Waals surface area contributed by atoms with Crippen molar-refractivity contribution in [1.82, 2.24) is 19.7 Å². The lowest BCUT2D eigenvalue weighted by atomic mass is 10.3. The van der Waals surface area contributed by atoms with Crippen LogP contribution in [0.4, 0.5) is 36.3 Å². The Bertz CT molecular complexity index is 1190. The summed E-state index contributed by atoms with van der Waals surface area (Å²) in [5.41, 5.74) is -0.0418. The third-order valence-electron chi connectivity index (χ3n) is 3.83. The normalized spacial score (nSPS) is 11.8. The number of halogens is 4. The summed E-state index contributed by atoms with van der Waals surface area (Å²) in [6.45, 7) is -1.56. The summed E-state index contributed by atoms with van der Waals surface area (Å²) in [7, 11) is -2.65. The number of hydrogen-bond donors (Lipinski definition) is 3. The van der Waals surface area contributed by atoms with Crippen LogP contribution < -0.4 is 20.1 Å². The second kappa shape index (κ2) is 9.54. The van der Waals surface area contributed by atoms with Gasteiger partial charge in [0, 0.05) is 12.3 Å². The number of nitrogens with zero attached hydrogens (tertiary/aromatic N) is 3. The largest absolute Gasteiger partial charge is 0.482 e. The molecule has 2 aromatic heterocycles. The number of benzene rings is 1. The number of pyridine rings is 1. The van der Waals surface area contributed by atoms with Crippen molar-refractivity contribution >= 4 is 44.8 Å². The fourth-order valence-corrected chi connectivity index (χ4v) is 3.26. The van der Waals surface area contributed by atoms with Crippen LogP contribution in [0.1, 0.15) is 0 Å². The van der Waals surface area contributed by atoms with E-state index in [9.17, 15) is 21.6 Å². The molecule has 0 saturated carbocycles.